The molecule has 0 aliphatic rings. The number of nitrogen functional groups attached to an aromatic ring is 1. The van der Waals surface area contributed by atoms with Gasteiger partial charge in [0.2, 0.25) is 0 Å². The average Bonchev–Trinajstić information content (AvgIpc) is 2.19. The molecule has 1 unspecified atom stereocenters. The summed E-state index contributed by atoms with van der Waals surface area (Å²) in [6.45, 7) is 5.09. The number of carbonyl (C=O) groups excluding carboxylic acids is 1. The van der Waals surface area contributed by atoms with Gasteiger partial charge in [-0.15, -0.1) is 6.58 Å². The summed E-state index contributed by atoms with van der Waals surface area (Å²) < 4.78 is 0. The highest BCUT2D eigenvalue weighted by Gasteiger charge is 2.10. The third kappa shape index (κ3) is 2.44. The van der Waals surface area contributed by atoms with Crippen molar-refractivity contribution in [2.45, 2.75) is 12.8 Å². The number of hydrogen-bond donors (Lipinski definition) is 2. The number of ketones is 1. The van der Waals surface area contributed by atoms with Crippen molar-refractivity contribution < 1.29 is 9.90 Å². The molecule has 0 amide bonds. The first-order chi connectivity index (χ1) is 7.10. The smallest absolute Gasteiger partial charge is 0.161 e. The summed E-state index contributed by atoms with van der Waals surface area (Å²) in [6, 6.07) is 5.17. The van der Waals surface area contributed by atoms with Gasteiger partial charge < -0.3 is 10.8 Å². The van der Waals surface area contributed by atoms with Gasteiger partial charge in [0.25, 0.3) is 0 Å². The van der Waals surface area contributed by atoms with Gasteiger partial charge in [-0.1, -0.05) is 12.1 Å². The molecule has 3 nitrogen and oxygen atoms in total. The molecule has 0 bridgehead atoms. The number of carbonyl (C=O) groups is 1. The van der Waals surface area contributed by atoms with Crippen LogP contribution in [0.3, 0.4) is 0 Å². The van der Waals surface area contributed by atoms with Gasteiger partial charge in [0, 0.05) is 17.2 Å². The van der Waals surface area contributed by atoms with E-state index in [0.717, 1.165) is 5.56 Å². The SMILES string of the molecule is C=CC(CO)c1ccc(C(C)=O)c(N)c1. The van der Waals surface area contributed by atoms with E-state index >= 15 is 0 Å². The molecule has 15 heavy (non-hydrogen) atoms. The van der Waals surface area contributed by atoms with Crippen LogP contribution < -0.4 is 5.73 Å². The summed E-state index contributed by atoms with van der Waals surface area (Å²) in [5, 5.41) is 9.07. The molecule has 3 N–H and O–H groups in total. The molecule has 0 saturated carbocycles. The van der Waals surface area contributed by atoms with Gasteiger partial charge in [-0.05, 0) is 24.6 Å². The van der Waals surface area contributed by atoms with Crippen molar-refractivity contribution >= 4 is 11.5 Å². The van der Waals surface area contributed by atoms with Gasteiger partial charge in [0.1, 0.15) is 0 Å². The van der Waals surface area contributed by atoms with E-state index < -0.39 is 0 Å². The van der Waals surface area contributed by atoms with Crippen LogP contribution in [-0.4, -0.2) is 17.5 Å². The highest BCUT2D eigenvalue weighted by atomic mass is 16.3. The summed E-state index contributed by atoms with van der Waals surface area (Å²) in [5.41, 5.74) is 7.56. The third-order valence-electron chi connectivity index (χ3n) is 2.36. The van der Waals surface area contributed by atoms with Crippen molar-refractivity contribution in [1.29, 1.82) is 0 Å². The minimum Gasteiger partial charge on any atom is -0.398 e. The Morgan fingerprint density at radius 1 is 1.67 bits per heavy atom. The van der Waals surface area contributed by atoms with E-state index in [1.807, 2.05) is 0 Å². The molecule has 1 aromatic carbocycles. The summed E-state index contributed by atoms with van der Waals surface area (Å²) in [6.07, 6.45) is 1.65. The lowest BCUT2D eigenvalue weighted by atomic mass is 9.97. The fourth-order valence-corrected chi connectivity index (χ4v) is 1.45. The number of benzene rings is 1. The summed E-state index contributed by atoms with van der Waals surface area (Å²) in [7, 11) is 0. The Morgan fingerprint density at radius 2 is 2.33 bits per heavy atom. The topological polar surface area (TPSA) is 63.3 Å². The predicted octanol–water partition coefficient (Wildman–Crippen LogP) is 1.73. The highest BCUT2D eigenvalue weighted by Crippen LogP contribution is 2.22. The van der Waals surface area contributed by atoms with Crippen LogP contribution in [0.4, 0.5) is 5.69 Å². The molecule has 3 heteroatoms. The van der Waals surface area contributed by atoms with Crippen LogP contribution in [0, 0.1) is 0 Å². The molecular formula is C12H15NO2. The number of anilines is 1. The molecule has 80 valence electrons. The fraction of sp³-hybridized carbons (Fsp3) is 0.250. The van der Waals surface area contributed by atoms with Crippen molar-refractivity contribution in [2.24, 2.45) is 0 Å². The normalized spacial score (nSPS) is 12.1. The molecule has 1 atom stereocenters. The van der Waals surface area contributed by atoms with Crippen molar-refractivity contribution in [2.75, 3.05) is 12.3 Å². The van der Waals surface area contributed by atoms with Crippen LogP contribution in [0.15, 0.2) is 30.9 Å². The maximum absolute atomic E-state index is 11.1. The molecular weight excluding hydrogens is 190 g/mol. The summed E-state index contributed by atoms with van der Waals surface area (Å²) in [4.78, 5) is 11.1. The van der Waals surface area contributed by atoms with Gasteiger partial charge in [-0.3, -0.25) is 4.79 Å². The molecule has 0 spiro atoms. The van der Waals surface area contributed by atoms with Crippen molar-refractivity contribution in [3.05, 3.63) is 42.0 Å². The minimum absolute atomic E-state index is 0.0115. The number of rotatable bonds is 4. The van der Waals surface area contributed by atoms with Gasteiger partial charge in [-0.25, -0.2) is 0 Å². The maximum Gasteiger partial charge on any atom is 0.161 e. The van der Waals surface area contributed by atoms with Gasteiger partial charge >= 0.3 is 0 Å². The molecule has 1 rings (SSSR count). The molecule has 0 fully saturated rings. The van der Waals surface area contributed by atoms with Crippen LogP contribution in [0.25, 0.3) is 0 Å². The number of aliphatic hydroxyl groups excluding tert-OH is 1. The maximum atomic E-state index is 11.1. The second kappa shape index (κ2) is 4.75. The average molecular weight is 205 g/mol. The fourth-order valence-electron chi connectivity index (χ4n) is 1.45. The number of hydrogen-bond acceptors (Lipinski definition) is 3. The number of aliphatic hydroxyl groups is 1. The second-order valence-corrected chi connectivity index (χ2v) is 3.43. The van der Waals surface area contributed by atoms with E-state index in [-0.39, 0.29) is 18.3 Å². The van der Waals surface area contributed by atoms with Gasteiger partial charge in [-0.2, -0.15) is 0 Å². The minimum atomic E-state index is -0.131. The molecule has 1 aromatic rings. The molecule has 0 saturated heterocycles. The zero-order chi connectivity index (χ0) is 11.4. The zero-order valence-corrected chi connectivity index (χ0v) is 8.73. The van der Waals surface area contributed by atoms with E-state index in [2.05, 4.69) is 6.58 Å². The lowest BCUT2D eigenvalue weighted by molar-refractivity contribution is 0.101. The predicted molar refractivity (Wildman–Crippen MR) is 60.9 cm³/mol. The van der Waals surface area contributed by atoms with Crippen LogP contribution in [0.2, 0.25) is 0 Å². The second-order valence-electron chi connectivity index (χ2n) is 3.43. The van der Waals surface area contributed by atoms with E-state index in [4.69, 9.17) is 10.8 Å². The largest absolute Gasteiger partial charge is 0.398 e. The first kappa shape index (κ1) is 11.5. The Balaban J connectivity index is 3.10. The Hall–Kier alpha value is -1.61. The standard InChI is InChI=1S/C12H15NO2/c1-3-9(7-14)10-4-5-11(8(2)15)12(13)6-10/h3-6,9,14H,1,7,13H2,2H3. The van der Waals surface area contributed by atoms with Crippen LogP contribution in [-0.2, 0) is 0 Å². The van der Waals surface area contributed by atoms with Gasteiger partial charge in [0.15, 0.2) is 5.78 Å². The quantitative estimate of drug-likeness (QED) is 0.447. The van der Waals surface area contributed by atoms with Crippen molar-refractivity contribution in [1.82, 2.24) is 0 Å². The molecule has 0 aliphatic carbocycles. The van der Waals surface area contributed by atoms with Crippen molar-refractivity contribution in [3.63, 3.8) is 0 Å². The van der Waals surface area contributed by atoms with Gasteiger partial charge in [0.05, 0.1) is 6.61 Å². The molecule has 0 heterocycles. The summed E-state index contributed by atoms with van der Waals surface area (Å²) >= 11 is 0. The first-order valence-electron chi connectivity index (χ1n) is 4.74. The van der Waals surface area contributed by atoms with Crippen molar-refractivity contribution in [3.8, 4) is 0 Å². The van der Waals surface area contributed by atoms with E-state index in [0.29, 0.717) is 11.3 Å². The Labute approximate surface area is 89.2 Å². The summed E-state index contributed by atoms with van der Waals surface area (Å²) in [5.74, 6) is -0.188. The zero-order valence-electron chi connectivity index (χ0n) is 8.73. The Bertz CT molecular complexity index is 385. The number of Topliss-reactive ketones (excluding diaryl/α,β-unsaturated/α-hetero) is 1. The highest BCUT2D eigenvalue weighted by molar-refractivity contribution is 5.99. The third-order valence-corrected chi connectivity index (χ3v) is 2.36. The lowest BCUT2D eigenvalue weighted by Gasteiger charge is -2.11. The molecule has 0 radical (unpaired) electrons. The van der Waals surface area contributed by atoms with Crippen LogP contribution in [0.5, 0.6) is 0 Å². The Kier molecular flexibility index (Phi) is 3.63. The molecule has 0 aliphatic heterocycles. The van der Waals surface area contributed by atoms with Crippen LogP contribution >= 0.6 is 0 Å². The Morgan fingerprint density at radius 3 is 2.73 bits per heavy atom. The van der Waals surface area contributed by atoms with E-state index in [1.165, 1.54) is 6.92 Å². The molecule has 0 aromatic heterocycles. The monoisotopic (exact) mass is 205 g/mol. The van der Waals surface area contributed by atoms with E-state index in [1.54, 1.807) is 24.3 Å². The number of nitrogens with two attached hydrogens (primary N) is 1. The van der Waals surface area contributed by atoms with Crippen LogP contribution in [0.1, 0.15) is 28.8 Å². The van der Waals surface area contributed by atoms with E-state index in [9.17, 15) is 4.79 Å². The lowest BCUT2D eigenvalue weighted by Crippen LogP contribution is -2.04. The first-order valence-corrected chi connectivity index (χ1v) is 4.74.